The van der Waals surface area contributed by atoms with Crippen LogP contribution in [0.1, 0.15) is 42.6 Å². The van der Waals surface area contributed by atoms with Crippen LogP contribution in [0.3, 0.4) is 0 Å². The Bertz CT molecular complexity index is 879. The van der Waals surface area contributed by atoms with E-state index in [-0.39, 0.29) is 5.97 Å². The fraction of sp³-hybridized carbons (Fsp3) is 0.261. The van der Waals surface area contributed by atoms with Crippen molar-refractivity contribution in [2.45, 2.75) is 26.7 Å². The van der Waals surface area contributed by atoms with E-state index in [2.05, 4.69) is 32.0 Å². The molecule has 0 atom stereocenters. The van der Waals surface area contributed by atoms with Crippen molar-refractivity contribution in [3.8, 4) is 28.0 Å². The lowest BCUT2D eigenvalue weighted by Crippen LogP contribution is -2.04. The summed E-state index contributed by atoms with van der Waals surface area (Å²) in [7, 11) is 1.66. The zero-order chi connectivity index (χ0) is 18.7. The first kappa shape index (κ1) is 18.0. The average Bonchev–Trinajstić information content (AvgIpc) is 2.95. The first-order chi connectivity index (χ1) is 12.5. The standard InChI is InChI=1S/C23H24O3/c1-5-26-23(24)21-13-12-20-19(16-6-9-18(25-4)10-7-16)11-8-17(15(2)3)14-22(20)21/h6-15H,5H2,1-4H3. The molecule has 1 aromatic carbocycles. The van der Waals surface area contributed by atoms with Crippen LogP contribution in [-0.4, -0.2) is 19.7 Å². The second-order valence-electron chi connectivity index (χ2n) is 6.57. The summed E-state index contributed by atoms with van der Waals surface area (Å²) in [5.41, 5.74) is 5.96. The maximum absolute atomic E-state index is 12.4. The molecule has 3 rings (SSSR count). The second-order valence-corrected chi connectivity index (χ2v) is 6.57. The summed E-state index contributed by atoms with van der Waals surface area (Å²) in [6.07, 6.45) is 0. The summed E-state index contributed by atoms with van der Waals surface area (Å²) >= 11 is 0. The third-order valence-corrected chi connectivity index (χ3v) is 4.60. The fourth-order valence-corrected chi connectivity index (χ4v) is 3.13. The maximum Gasteiger partial charge on any atom is 0.338 e. The Morgan fingerprint density at radius 1 is 0.923 bits per heavy atom. The fourth-order valence-electron chi connectivity index (χ4n) is 3.13. The lowest BCUT2D eigenvalue weighted by atomic mass is 9.98. The minimum Gasteiger partial charge on any atom is -0.497 e. The molecule has 3 heteroatoms. The zero-order valence-electron chi connectivity index (χ0n) is 15.7. The highest BCUT2D eigenvalue weighted by Crippen LogP contribution is 2.38. The molecule has 26 heavy (non-hydrogen) atoms. The molecule has 0 unspecified atom stereocenters. The summed E-state index contributed by atoms with van der Waals surface area (Å²) in [6, 6.07) is 18.2. The van der Waals surface area contributed by atoms with Crippen molar-refractivity contribution in [2.75, 3.05) is 13.7 Å². The number of rotatable bonds is 5. The van der Waals surface area contributed by atoms with Crippen LogP contribution in [0.5, 0.6) is 5.75 Å². The molecule has 0 amide bonds. The summed E-state index contributed by atoms with van der Waals surface area (Å²) in [6.45, 7) is 6.50. The molecule has 0 saturated heterocycles. The van der Waals surface area contributed by atoms with Gasteiger partial charge in [0.2, 0.25) is 0 Å². The molecule has 0 bridgehead atoms. The molecule has 0 aliphatic heterocycles. The summed E-state index contributed by atoms with van der Waals surface area (Å²) in [5.74, 6) is 0.909. The molecule has 1 aromatic rings. The Hall–Kier alpha value is -2.81. The summed E-state index contributed by atoms with van der Waals surface area (Å²) < 4.78 is 10.5. The minimum atomic E-state index is -0.274. The van der Waals surface area contributed by atoms with E-state index in [0.717, 1.165) is 28.0 Å². The van der Waals surface area contributed by atoms with Crippen LogP contribution in [0.15, 0.2) is 54.6 Å². The Morgan fingerprint density at radius 3 is 2.23 bits per heavy atom. The largest absolute Gasteiger partial charge is 0.497 e. The van der Waals surface area contributed by atoms with Crippen molar-refractivity contribution < 1.29 is 14.3 Å². The monoisotopic (exact) mass is 348 g/mol. The van der Waals surface area contributed by atoms with Crippen molar-refractivity contribution in [3.63, 3.8) is 0 Å². The minimum absolute atomic E-state index is 0.274. The normalized spacial score (nSPS) is 11.0. The first-order valence-corrected chi connectivity index (χ1v) is 8.93. The molecule has 0 spiro atoms. The maximum atomic E-state index is 12.4. The first-order valence-electron chi connectivity index (χ1n) is 8.93. The van der Waals surface area contributed by atoms with Gasteiger partial charge < -0.3 is 9.47 Å². The Kier molecular flexibility index (Phi) is 5.27. The van der Waals surface area contributed by atoms with Crippen molar-refractivity contribution in [1.29, 1.82) is 0 Å². The molecule has 0 heterocycles. The third kappa shape index (κ3) is 3.43. The quantitative estimate of drug-likeness (QED) is 0.549. The van der Waals surface area contributed by atoms with E-state index in [1.807, 2.05) is 43.3 Å². The highest BCUT2D eigenvalue weighted by Gasteiger charge is 2.20. The number of hydrogen-bond acceptors (Lipinski definition) is 3. The molecule has 0 aromatic heterocycles. The topological polar surface area (TPSA) is 35.5 Å². The number of esters is 1. The molecule has 2 aliphatic rings. The predicted molar refractivity (Wildman–Crippen MR) is 105 cm³/mol. The van der Waals surface area contributed by atoms with Crippen LogP contribution >= 0.6 is 0 Å². The lowest BCUT2D eigenvalue weighted by molar-refractivity contribution is 0.0528. The summed E-state index contributed by atoms with van der Waals surface area (Å²) in [4.78, 5) is 12.4. The van der Waals surface area contributed by atoms with E-state index in [1.54, 1.807) is 7.11 Å². The Morgan fingerprint density at radius 2 is 1.62 bits per heavy atom. The van der Waals surface area contributed by atoms with Gasteiger partial charge in [-0.05, 0) is 58.9 Å². The van der Waals surface area contributed by atoms with Gasteiger partial charge in [0.15, 0.2) is 0 Å². The van der Waals surface area contributed by atoms with Gasteiger partial charge in [-0.25, -0.2) is 4.79 Å². The molecule has 0 fully saturated rings. The van der Waals surface area contributed by atoms with Crippen LogP contribution in [0, 0.1) is 0 Å². The Balaban J connectivity index is 2.19. The molecular formula is C23H24O3. The van der Waals surface area contributed by atoms with Gasteiger partial charge in [-0.1, -0.05) is 50.2 Å². The van der Waals surface area contributed by atoms with Crippen LogP contribution in [-0.2, 0) is 4.74 Å². The molecule has 0 radical (unpaired) electrons. The van der Waals surface area contributed by atoms with Gasteiger partial charge in [0.05, 0.1) is 19.3 Å². The Labute approximate surface area is 154 Å². The number of hydrogen-bond donors (Lipinski definition) is 0. The van der Waals surface area contributed by atoms with Crippen molar-refractivity contribution in [1.82, 2.24) is 0 Å². The van der Waals surface area contributed by atoms with Gasteiger partial charge >= 0.3 is 5.97 Å². The number of carbonyl (C=O) groups excluding carboxylic acids is 1. The number of carbonyl (C=O) groups is 1. The van der Waals surface area contributed by atoms with Crippen molar-refractivity contribution in [3.05, 3.63) is 65.7 Å². The van der Waals surface area contributed by atoms with Gasteiger partial charge in [-0.2, -0.15) is 0 Å². The van der Waals surface area contributed by atoms with Gasteiger partial charge in [-0.15, -0.1) is 0 Å². The van der Waals surface area contributed by atoms with E-state index in [1.165, 1.54) is 5.56 Å². The average molecular weight is 348 g/mol. The number of methoxy groups -OCH3 is 1. The lowest BCUT2D eigenvalue weighted by Gasteiger charge is -2.08. The number of fused-ring (bicyclic) bond motifs is 1. The second kappa shape index (κ2) is 7.61. The molecule has 134 valence electrons. The van der Waals surface area contributed by atoms with E-state index < -0.39 is 0 Å². The SMILES string of the molecule is CCOC(=O)c1ccc2c(-c3ccc(OC)cc3)ccc(C(C)C)cc1-2. The van der Waals surface area contributed by atoms with E-state index >= 15 is 0 Å². The number of ether oxygens (including phenoxy) is 2. The molecule has 2 aliphatic carbocycles. The van der Waals surface area contributed by atoms with E-state index in [4.69, 9.17) is 9.47 Å². The van der Waals surface area contributed by atoms with Crippen molar-refractivity contribution >= 4 is 5.97 Å². The number of benzene rings is 1. The third-order valence-electron chi connectivity index (χ3n) is 4.60. The van der Waals surface area contributed by atoms with Gasteiger partial charge in [-0.3, -0.25) is 0 Å². The molecule has 3 nitrogen and oxygen atoms in total. The summed E-state index contributed by atoms with van der Waals surface area (Å²) in [5, 5.41) is 0. The highest BCUT2D eigenvalue weighted by atomic mass is 16.5. The van der Waals surface area contributed by atoms with Crippen molar-refractivity contribution in [2.24, 2.45) is 0 Å². The van der Waals surface area contributed by atoms with Gasteiger partial charge in [0.1, 0.15) is 5.75 Å². The van der Waals surface area contributed by atoms with Gasteiger partial charge in [0.25, 0.3) is 0 Å². The molecule has 0 N–H and O–H groups in total. The highest BCUT2D eigenvalue weighted by molar-refractivity contribution is 6.02. The zero-order valence-corrected chi connectivity index (χ0v) is 15.7. The van der Waals surface area contributed by atoms with E-state index in [0.29, 0.717) is 18.1 Å². The van der Waals surface area contributed by atoms with Crippen LogP contribution in [0.2, 0.25) is 0 Å². The smallest absolute Gasteiger partial charge is 0.338 e. The van der Waals surface area contributed by atoms with Crippen LogP contribution in [0.25, 0.3) is 22.3 Å². The predicted octanol–water partition coefficient (Wildman–Crippen LogP) is 5.77. The van der Waals surface area contributed by atoms with Gasteiger partial charge in [0, 0.05) is 0 Å². The van der Waals surface area contributed by atoms with Crippen LogP contribution in [0.4, 0.5) is 0 Å². The van der Waals surface area contributed by atoms with Crippen LogP contribution < -0.4 is 4.74 Å². The molecule has 0 saturated carbocycles. The van der Waals surface area contributed by atoms with E-state index in [9.17, 15) is 4.79 Å². The molecular weight excluding hydrogens is 324 g/mol.